The van der Waals surface area contributed by atoms with E-state index in [4.69, 9.17) is 17.0 Å². The van der Waals surface area contributed by atoms with Crippen LogP contribution < -0.4 is 15.4 Å². The predicted molar refractivity (Wildman–Crippen MR) is 158 cm³/mol. The van der Waals surface area contributed by atoms with Crippen molar-refractivity contribution in [1.82, 2.24) is 19.8 Å². The summed E-state index contributed by atoms with van der Waals surface area (Å²) in [5, 5.41) is 7.10. The second-order valence-electron chi connectivity index (χ2n) is 9.72. The molecule has 1 saturated heterocycles. The maximum atomic E-state index is 13.0. The minimum absolute atomic E-state index is 0.100. The van der Waals surface area contributed by atoms with E-state index in [2.05, 4.69) is 69.3 Å². The number of aromatic nitrogens is 2. The molecule has 0 saturated carbocycles. The lowest BCUT2D eigenvalue weighted by Gasteiger charge is -2.28. The van der Waals surface area contributed by atoms with E-state index in [0.717, 1.165) is 12.2 Å². The van der Waals surface area contributed by atoms with E-state index < -0.39 is 0 Å². The molecular weight excluding hydrogens is 506 g/mol. The van der Waals surface area contributed by atoms with Gasteiger partial charge in [0.2, 0.25) is 5.91 Å². The Kier molecular flexibility index (Phi) is 7.93. The molecule has 0 aliphatic carbocycles. The number of carbonyl (C=O) groups is 1. The van der Waals surface area contributed by atoms with Gasteiger partial charge in [-0.2, -0.15) is 0 Å². The van der Waals surface area contributed by atoms with Crippen molar-refractivity contribution >= 4 is 28.9 Å². The van der Waals surface area contributed by atoms with Crippen molar-refractivity contribution in [3.63, 3.8) is 0 Å². The number of hydrogen-bond donors (Lipinski definition) is 2. The van der Waals surface area contributed by atoms with E-state index >= 15 is 0 Å². The topological polar surface area (TPSA) is 71.4 Å². The zero-order valence-electron chi connectivity index (χ0n) is 22.4. The molecule has 0 spiro atoms. The van der Waals surface area contributed by atoms with Crippen LogP contribution in [-0.2, 0) is 11.3 Å². The third kappa shape index (κ3) is 5.66. The fourth-order valence-electron chi connectivity index (χ4n) is 5.30. The van der Waals surface area contributed by atoms with Crippen LogP contribution in [0.15, 0.2) is 85.1 Å². The molecule has 39 heavy (non-hydrogen) atoms. The molecule has 2 N–H and O–H groups in total. The van der Waals surface area contributed by atoms with E-state index in [1.165, 1.54) is 22.5 Å². The van der Waals surface area contributed by atoms with Crippen molar-refractivity contribution < 1.29 is 9.53 Å². The minimum atomic E-state index is -0.137. The maximum Gasteiger partial charge on any atom is 0.226 e. The molecule has 1 aliphatic rings. The van der Waals surface area contributed by atoms with Crippen LogP contribution >= 0.6 is 12.2 Å². The first-order valence-electron chi connectivity index (χ1n) is 13.1. The summed E-state index contributed by atoms with van der Waals surface area (Å²) >= 11 is 5.83. The molecule has 4 aromatic rings. The van der Waals surface area contributed by atoms with Gasteiger partial charge in [-0.15, -0.1) is 0 Å². The summed E-state index contributed by atoms with van der Waals surface area (Å²) < 4.78 is 7.72. The number of anilines is 1. The summed E-state index contributed by atoms with van der Waals surface area (Å²) in [7, 11) is 1.59. The van der Waals surface area contributed by atoms with Gasteiger partial charge in [0.25, 0.3) is 0 Å². The van der Waals surface area contributed by atoms with Gasteiger partial charge < -0.3 is 24.8 Å². The lowest BCUT2D eigenvalue weighted by Crippen LogP contribution is -2.33. The summed E-state index contributed by atoms with van der Waals surface area (Å²) in [4.78, 5) is 19.8. The Bertz CT molecular complexity index is 1450. The number of aryl methyl sites for hydroxylation is 1. The largest absolute Gasteiger partial charge is 0.495 e. The first kappa shape index (κ1) is 26.4. The Morgan fingerprint density at radius 3 is 2.54 bits per heavy atom. The molecule has 2 aromatic heterocycles. The van der Waals surface area contributed by atoms with E-state index in [0.29, 0.717) is 23.1 Å². The van der Waals surface area contributed by atoms with Crippen LogP contribution in [-0.4, -0.2) is 39.1 Å². The van der Waals surface area contributed by atoms with Gasteiger partial charge in [-0.3, -0.25) is 9.78 Å². The molecule has 0 radical (unpaired) electrons. The van der Waals surface area contributed by atoms with Crippen LogP contribution in [0.5, 0.6) is 5.75 Å². The van der Waals surface area contributed by atoms with Gasteiger partial charge in [-0.25, -0.2) is 0 Å². The lowest BCUT2D eigenvalue weighted by molar-refractivity contribution is -0.116. The number of rotatable bonds is 9. The van der Waals surface area contributed by atoms with Gasteiger partial charge in [-0.05, 0) is 67.5 Å². The van der Waals surface area contributed by atoms with Crippen molar-refractivity contribution in [2.24, 2.45) is 0 Å². The van der Waals surface area contributed by atoms with Crippen LogP contribution in [0.4, 0.5) is 5.69 Å². The number of para-hydroxylation sites is 2. The van der Waals surface area contributed by atoms with Gasteiger partial charge in [0.15, 0.2) is 5.11 Å². The molecule has 0 bridgehead atoms. The molecule has 200 valence electrons. The zero-order valence-corrected chi connectivity index (χ0v) is 23.2. The molecule has 1 amide bonds. The van der Waals surface area contributed by atoms with E-state index in [1.807, 2.05) is 48.5 Å². The maximum absolute atomic E-state index is 13.0. The van der Waals surface area contributed by atoms with Crippen LogP contribution in [0.2, 0.25) is 0 Å². The fraction of sp³-hybridized carbons (Fsp3) is 0.258. The van der Waals surface area contributed by atoms with E-state index in [1.54, 1.807) is 13.3 Å². The summed E-state index contributed by atoms with van der Waals surface area (Å²) in [5.74, 6) is 0.528. The predicted octanol–water partition coefficient (Wildman–Crippen LogP) is 5.56. The van der Waals surface area contributed by atoms with E-state index in [-0.39, 0.29) is 24.4 Å². The van der Waals surface area contributed by atoms with Gasteiger partial charge in [0, 0.05) is 37.1 Å². The Morgan fingerprint density at radius 2 is 1.79 bits per heavy atom. The Labute approximate surface area is 234 Å². The van der Waals surface area contributed by atoms with Gasteiger partial charge in [0.05, 0.1) is 30.6 Å². The average Bonchev–Trinajstić information content (AvgIpc) is 3.43. The highest BCUT2D eigenvalue weighted by Crippen LogP contribution is 2.41. The van der Waals surface area contributed by atoms with Crippen molar-refractivity contribution in [3.05, 3.63) is 113 Å². The third-order valence-corrected chi connectivity index (χ3v) is 7.63. The highest BCUT2D eigenvalue weighted by Gasteiger charge is 2.41. The number of pyridine rings is 1. The van der Waals surface area contributed by atoms with E-state index in [9.17, 15) is 4.79 Å². The third-order valence-electron chi connectivity index (χ3n) is 7.27. The van der Waals surface area contributed by atoms with Crippen LogP contribution in [0.3, 0.4) is 0 Å². The molecule has 2 aromatic carbocycles. The molecule has 1 aliphatic heterocycles. The SMILES string of the molecule is COc1ccccc1NC(=O)CCN1C(=S)N[C@@H](c2ccccn2)[C@H]1c1cc(C)n(Cc2ccccc2)c1C. The quantitative estimate of drug-likeness (QED) is 0.272. The Hall–Kier alpha value is -4.17. The van der Waals surface area contributed by atoms with Crippen molar-refractivity contribution in [2.75, 3.05) is 19.0 Å². The summed E-state index contributed by atoms with van der Waals surface area (Å²) in [6.45, 7) is 5.55. The number of ether oxygens (including phenoxy) is 1. The summed E-state index contributed by atoms with van der Waals surface area (Å²) in [5.41, 5.74) is 6.35. The molecule has 0 unspecified atom stereocenters. The number of hydrogen-bond acceptors (Lipinski definition) is 4. The molecule has 7 nitrogen and oxygen atoms in total. The molecule has 8 heteroatoms. The van der Waals surface area contributed by atoms with Gasteiger partial charge >= 0.3 is 0 Å². The Morgan fingerprint density at radius 1 is 1.05 bits per heavy atom. The van der Waals surface area contributed by atoms with Gasteiger partial charge in [-0.1, -0.05) is 48.5 Å². The monoisotopic (exact) mass is 539 g/mol. The standard InChI is InChI=1S/C31H33N5O2S/c1-21-19-24(22(2)36(21)20-23-11-5-4-6-12-23)30-29(26-14-9-10-17-32-26)34-31(39)35(30)18-16-28(37)33-25-13-7-8-15-27(25)38-3/h4-15,17,19,29-30H,16,18,20H2,1-3H3,(H,33,37)(H,34,39)/t29-,30+/m0/s1. The second-order valence-corrected chi connectivity index (χ2v) is 10.1. The number of methoxy groups -OCH3 is 1. The highest BCUT2D eigenvalue weighted by atomic mass is 32.1. The first-order valence-corrected chi connectivity index (χ1v) is 13.5. The van der Waals surface area contributed by atoms with Crippen LogP contribution in [0.25, 0.3) is 0 Å². The summed E-state index contributed by atoms with van der Waals surface area (Å²) in [6.07, 6.45) is 2.08. The smallest absolute Gasteiger partial charge is 0.226 e. The normalized spacial score (nSPS) is 16.7. The summed E-state index contributed by atoms with van der Waals surface area (Å²) in [6, 6.07) is 25.8. The molecular formula is C31H33N5O2S. The van der Waals surface area contributed by atoms with Crippen LogP contribution in [0, 0.1) is 13.8 Å². The molecule has 1 fully saturated rings. The number of nitrogens with zero attached hydrogens (tertiary/aromatic N) is 3. The highest BCUT2D eigenvalue weighted by molar-refractivity contribution is 7.80. The number of nitrogens with one attached hydrogen (secondary N) is 2. The number of benzene rings is 2. The van der Waals surface area contributed by atoms with Crippen LogP contribution in [0.1, 0.15) is 46.7 Å². The zero-order chi connectivity index (χ0) is 27.4. The number of thiocarbonyl (C=S) groups is 1. The average molecular weight is 540 g/mol. The Balaban J connectivity index is 1.43. The fourth-order valence-corrected chi connectivity index (χ4v) is 5.64. The molecule has 2 atom stereocenters. The number of amides is 1. The van der Waals surface area contributed by atoms with Gasteiger partial charge in [0.1, 0.15) is 5.75 Å². The molecule has 3 heterocycles. The first-order chi connectivity index (χ1) is 19.0. The molecule has 5 rings (SSSR count). The van der Waals surface area contributed by atoms with Crippen molar-refractivity contribution in [2.45, 2.75) is 38.9 Å². The second kappa shape index (κ2) is 11.7. The lowest BCUT2D eigenvalue weighted by atomic mass is 9.96. The minimum Gasteiger partial charge on any atom is -0.495 e. The van der Waals surface area contributed by atoms with Crippen molar-refractivity contribution in [3.8, 4) is 5.75 Å². The van der Waals surface area contributed by atoms with Crippen molar-refractivity contribution in [1.29, 1.82) is 0 Å². The number of carbonyl (C=O) groups excluding carboxylic acids is 1.